The Morgan fingerprint density at radius 3 is 3.14 bits per heavy atom. The lowest BCUT2D eigenvalue weighted by Gasteiger charge is -2.25. The van der Waals surface area contributed by atoms with Gasteiger partial charge < -0.3 is 15.0 Å². The molecule has 0 fully saturated rings. The van der Waals surface area contributed by atoms with E-state index < -0.39 is 0 Å². The fraction of sp³-hybridized carbons (Fsp3) is 0.375. The number of hydrogen-bond donors (Lipinski definition) is 2. The summed E-state index contributed by atoms with van der Waals surface area (Å²) in [5, 5.41) is 3.27. The molecule has 21 heavy (non-hydrogen) atoms. The number of benzene rings is 1. The first kappa shape index (κ1) is 12.6. The molecular formula is C16H17N3O2. The summed E-state index contributed by atoms with van der Waals surface area (Å²) in [6, 6.07) is 8.04. The Kier molecular flexibility index (Phi) is 3.00. The van der Waals surface area contributed by atoms with E-state index in [4.69, 9.17) is 4.74 Å². The molecule has 0 spiro atoms. The van der Waals surface area contributed by atoms with E-state index in [0.717, 1.165) is 42.2 Å². The molecule has 108 valence electrons. The maximum atomic E-state index is 12.2. The van der Waals surface area contributed by atoms with E-state index in [0.29, 0.717) is 13.2 Å². The van der Waals surface area contributed by atoms with Crippen molar-refractivity contribution >= 4 is 0 Å². The van der Waals surface area contributed by atoms with Crippen LogP contribution in [-0.4, -0.2) is 23.1 Å². The number of ether oxygens (including phenoxy) is 1. The fourth-order valence-electron chi connectivity index (χ4n) is 3.08. The van der Waals surface area contributed by atoms with Gasteiger partial charge in [0.05, 0.1) is 18.2 Å². The van der Waals surface area contributed by atoms with Gasteiger partial charge in [0.15, 0.2) is 0 Å². The molecule has 0 aliphatic carbocycles. The van der Waals surface area contributed by atoms with Gasteiger partial charge in [-0.05, 0) is 31.0 Å². The second kappa shape index (κ2) is 5.00. The molecule has 2 aliphatic heterocycles. The highest BCUT2D eigenvalue weighted by molar-refractivity contribution is 5.36. The van der Waals surface area contributed by atoms with Crippen molar-refractivity contribution in [1.29, 1.82) is 0 Å². The van der Waals surface area contributed by atoms with Gasteiger partial charge in [0.1, 0.15) is 11.6 Å². The summed E-state index contributed by atoms with van der Waals surface area (Å²) in [5.41, 5.74) is 2.90. The molecule has 0 saturated heterocycles. The van der Waals surface area contributed by atoms with E-state index in [-0.39, 0.29) is 11.5 Å². The summed E-state index contributed by atoms with van der Waals surface area (Å²) in [6.45, 7) is 2.08. The average Bonchev–Trinajstić information content (AvgIpc) is 2.54. The fourth-order valence-corrected chi connectivity index (χ4v) is 3.08. The molecule has 1 aromatic carbocycles. The van der Waals surface area contributed by atoms with Crippen LogP contribution in [0.4, 0.5) is 0 Å². The minimum absolute atomic E-state index is 0.00959. The molecule has 4 rings (SSSR count). The summed E-state index contributed by atoms with van der Waals surface area (Å²) in [7, 11) is 0. The quantitative estimate of drug-likeness (QED) is 0.823. The van der Waals surface area contributed by atoms with Gasteiger partial charge in [-0.1, -0.05) is 18.2 Å². The van der Waals surface area contributed by atoms with Crippen LogP contribution in [0.2, 0.25) is 0 Å². The highest BCUT2D eigenvalue weighted by atomic mass is 16.5. The molecule has 3 heterocycles. The van der Waals surface area contributed by atoms with Crippen molar-refractivity contribution in [1.82, 2.24) is 15.3 Å². The van der Waals surface area contributed by atoms with Gasteiger partial charge in [-0.15, -0.1) is 0 Å². The highest BCUT2D eigenvalue weighted by Crippen LogP contribution is 2.30. The first-order chi connectivity index (χ1) is 10.3. The van der Waals surface area contributed by atoms with Crippen molar-refractivity contribution in [3.63, 3.8) is 0 Å². The van der Waals surface area contributed by atoms with Crippen LogP contribution < -0.4 is 15.6 Å². The van der Waals surface area contributed by atoms with Crippen molar-refractivity contribution in [2.24, 2.45) is 0 Å². The third-order valence-corrected chi connectivity index (χ3v) is 4.23. The van der Waals surface area contributed by atoms with Crippen LogP contribution in [0.1, 0.15) is 28.6 Å². The normalized spacial score (nSPS) is 20.3. The van der Waals surface area contributed by atoms with E-state index in [2.05, 4.69) is 21.4 Å². The number of aromatic nitrogens is 2. The Balaban J connectivity index is 1.69. The lowest BCUT2D eigenvalue weighted by molar-refractivity contribution is 0.257. The molecule has 2 N–H and O–H groups in total. The molecule has 1 aromatic heterocycles. The first-order valence-corrected chi connectivity index (χ1v) is 7.34. The monoisotopic (exact) mass is 283 g/mol. The van der Waals surface area contributed by atoms with Gasteiger partial charge in [0.25, 0.3) is 5.56 Å². The third kappa shape index (κ3) is 2.23. The molecule has 1 atom stereocenters. The van der Waals surface area contributed by atoms with Crippen LogP contribution in [0.5, 0.6) is 5.75 Å². The van der Waals surface area contributed by atoms with Crippen LogP contribution in [0.25, 0.3) is 0 Å². The zero-order chi connectivity index (χ0) is 14.2. The molecule has 5 nitrogen and oxygen atoms in total. The van der Waals surface area contributed by atoms with Crippen molar-refractivity contribution in [2.45, 2.75) is 25.3 Å². The predicted molar refractivity (Wildman–Crippen MR) is 78.7 cm³/mol. The summed E-state index contributed by atoms with van der Waals surface area (Å²) >= 11 is 0. The van der Waals surface area contributed by atoms with Gasteiger partial charge in [-0.25, -0.2) is 4.98 Å². The van der Waals surface area contributed by atoms with Crippen LogP contribution in [0, 0.1) is 0 Å². The van der Waals surface area contributed by atoms with Gasteiger partial charge in [0.2, 0.25) is 0 Å². The van der Waals surface area contributed by atoms with E-state index >= 15 is 0 Å². The van der Waals surface area contributed by atoms with Crippen LogP contribution >= 0.6 is 0 Å². The minimum Gasteiger partial charge on any atom is -0.493 e. The molecular weight excluding hydrogens is 266 g/mol. The largest absolute Gasteiger partial charge is 0.493 e. The second-order valence-electron chi connectivity index (χ2n) is 5.62. The Hall–Kier alpha value is -2.14. The summed E-state index contributed by atoms with van der Waals surface area (Å²) < 4.78 is 5.80. The molecule has 2 aliphatic rings. The summed E-state index contributed by atoms with van der Waals surface area (Å²) in [6.07, 6.45) is 1.60. The van der Waals surface area contributed by atoms with Crippen LogP contribution in [0.15, 0.2) is 29.1 Å². The zero-order valence-corrected chi connectivity index (χ0v) is 11.7. The van der Waals surface area contributed by atoms with Crippen molar-refractivity contribution in [3.8, 4) is 5.75 Å². The van der Waals surface area contributed by atoms with E-state index in [1.54, 1.807) is 0 Å². The first-order valence-electron chi connectivity index (χ1n) is 7.34. The maximum absolute atomic E-state index is 12.2. The lowest BCUT2D eigenvalue weighted by atomic mass is 9.95. The smallest absolute Gasteiger partial charge is 0.254 e. The van der Waals surface area contributed by atoms with Crippen LogP contribution in [0.3, 0.4) is 0 Å². The number of hydrogen-bond acceptors (Lipinski definition) is 4. The molecule has 5 heteroatoms. The maximum Gasteiger partial charge on any atom is 0.254 e. The number of para-hydroxylation sites is 1. The van der Waals surface area contributed by atoms with E-state index in [1.807, 2.05) is 18.2 Å². The van der Waals surface area contributed by atoms with Gasteiger partial charge in [-0.2, -0.15) is 0 Å². The Labute approximate surface area is 122 Å². The molecule has 0 amide bonds. The lowest BCUT2D eigenvalue weighted by Crippen LogP contribution is -2.33. The number of nitrogens with zero attached hydrogens (tertiary/aromatic N) is 1. The number of fused-ring (bicyclic) bond motifs is 2. The standard InChI is InChI=1S/C16H17N3O2/c20-16-12-5-6-17-8-13(12)18-15(19-16)11-7-10-3-1-2-4-14(10)21-9-11/h1-4,11,17H,5-9H2,(H,18,19,20). The number of H-pyrrole nitrogens is 1. The molecule has 0 radical (unpaired) electrons. The summed E-state index contributed by atoms with van der Waals surface area (Å²) in [5.74, 6) is 1.80. The minimum atomic E-state index is 0.00959. The second-order valence-corrected chi connectivity index (χ2v) is 5.62. The third-order valence-electron chi connectivity index (χ3n) is 4.23. The Bertz CT molecular complexity index is 739. The van der Waals surface area contributed by atoms with E-state index in [9.17, 15) is 4.79 Å². The molecule has 0 saturated carbocycles. The molecule has 1 unspecified atom stereocenters. The average molecular weight is 283 g/mol. The summed E-state index contributed by atoms with van der Waals surface area (Å²) in [4.78, 5) is 19.8. The predicted octanol–water partition coefficient (Wildman–Crippen LogP) is 1.13. The Morgan fingerprint density at radius 2 is 2.19 bits per heavy atom. The van der Waals surface area contributed by atoms with Gasteiger partial charge in [-0.3, -0.25) is 4.79 Å². The molecule has 0 bridgehead atoms. The highest BCUT2D eigenvalue weighted by Gasteiger charge is 2.25. The van der Waals surface area contributed by atoms with Gasteiger partial charge >= 0.3 is 0 Å². The zero-order valence-electron chi connectivity index (χ0n) is 11.7. The van der Waals surface area contributed by atoms with Crippen LogP contribution in [-0.2, 0) is 19.4 Å². The number of nitrogens with one attached hydrogen (secondary N) is 2. The van der Waals surface area contributed by atoms with Gasteiger partial charge in [0, 0.05) is 12.1 Å². The van der Waals surface area contributed by atoms with Crippen molar-refractivity contribution in [3.05, 3.63) is 57.3 Å². The van der Waals surface area contributed by atoms with Crippen molar-refractivity contribution in [2.75, 3.05) is 13.2 Å². The molecule has 2 aromatic rings. The number of aromatic amines is 1. The van der Waals surface area contributed by atoms with E-state index in [1.165, 1.54) is 5.56 Å². The topological polar surface area (TPSA) is 67.0 Å². The Morgan fingerprint density at radius 1 is 1.29 bits per heavy atom. The number of rotatable bonds is 1. The SMILES string of the molecule is O=c1[nH]c(C2COc3ccccc3C2)nc2c1CCNC2. The van der Waals surface area contributed by atoms with Crippen molar-refractivity contribution < 1.29 is 4.74 Å².